The van der Waals surface area contributed by atoms with E-state index in [4.69, 9.17) is 4.52 Å². The first-order valence-corrected chi connectivity index (χ1v) is 6.63. The van der Waals surface area contributed by atoms with Gasteiger partial charge in [0.15, 0.2) is 5.82 Å². The van der Waals surface area contributed by atoms with E-state index in [0.717, 1.165) is 6.54 Å². The van der Waals surface area contributed by atoms with Crippen LogP contribution in [0.15, 0.2) is 34.9 Å². The van der Waals surface area contributed by atoms with Crippen molar-refractivity contribution in [3.8, 4) is 0 Å². The molecule has 0 fully saturated rings. The van der Waals surface area contributed by atoms with Crippen LogP contribution in [0.25, 0.3) is 0 Å². The highest BCUT2D eigenvalue weighted by molar-refractivity contribution is 5.32. The summed E-state index contributed by atoms with van der Waals surface area (Å²) in [6.07, 6.45) is 0. The fourth-order valence-corrected chi connectivity index (χ4v) is 1.82. The summed E-state index contributed by atoms with van der Waals surface area (Å²) in [5.74, 6) is 1.24. The number of nitrogens with one attached hydrogen (secondary N) is 1. The second-order valence-corrected chi connectivity index (χ2v) is 5.69. The Bertz CT molecular complexity index is 517. The van der Waals surface area contributed by atoms with Gasteiger partial charge in [-0.05, 0) is 25.3 Å². The molecule has 1 N–H and O–H groups in total. The highest BCUT2D eigenvalue weighted by Crippen LogP contribution is 2.29. The molecule has 0 unspecified atom stereocenters. The summed E-state index contributed by atoms with van der Waals surface area (Å²) in [5, 5.41) is 7.24. The molecule has 0 atom stereocenters. The van der Waals surface area contributed by atoms with Crippen LogP contribution in [0, 0.1) is 5.92 Å². The molecule has 102 valence electrons. The maximum atomic E-state index is 5.25. The molecule has 0 saturated carbocycles. The van der Waals surface area contributed by atoms with Gasteiger partial charge in [-0.2, -0.15) is 4.98 Å². The lowest BCUT2D eigenvalue weighted by molar-refractivity contribution is 0.406. The first kappa shape index (κ1) is 13.6. The summed E-state index contributed by atoms with van der Waals surface area (Å²) in [6.45, 7) is 9.29. The molecule has 0 amide bonds. The zero-order valence-corrected chi connectivity index (χ0v) is 12.0. The fourth-order valence-electron chi connectivity index (χ4n) is 1.82. The van der Waals surface area contributed by atoms with Crippen LogP contribution in [0.1, 0.15) is 39.1 Å². The van der Waals surface area contributed by atoms with Crippen LogP contribution in [-0.4, -0.2) is 16.7 Å². The normalized spacial score (nSPS) is 11.8. The number of nitrogens with zero attached hydrogens (tertiary/aromatic N) is 2. The van der Waals surface area contributed by atoms with Gasteiger partial charge in [0.05, 0.1) is 5.41 Å². The lowest BCUT2D eigenvalue weighted by atomic mass is 9.84. The molecule has 1 heterocycles. The molecular formula is C15H21N3O. The van der Waals surface area contributed by atoms with Crippen molar-refractivity contribution in [1.82, 2.24) is 10.1 Å². The largest absolute Gasteiger partial charge is 0.337 e. The molecular weight excluding hydrogens is 238 g/mol. The van der Waals surface area contributed by atoms with Crippen LogP contribution in [0.3, 0.4) is 0 Å². The zero-order chi connectivity index (χ0) is 13.9. The summed E-state index contributed by atoms with van der Waals surface area (Å²) in [7, 11) is 0. The average molecular weight is 259 g/mol. The van der Waals surface area contributed by atoms with E-state index in [9.17, 15) is 0 Å². The Morgan fingerprint density at radius 1 is 1.21 bits per heavy atom. The minimum Gasteiger partial charge on any atom is -0.337 e. The van der Waals surface area contributed by atoms with Gasteiger partial charge in [-0.25, -0.2) is 0 Å². The van der Waals surface area contributed by atoms with Crippen LogP contribution in [0.2, 0.25) is 0 Å². The molecule has 0 aliphatic rings. The van der Waals surface area contributed by atoms with Crippen LogP contribution in [0.5, 0.6) is 0 Å². The standard InChI is InChI=1S/C15H21N3O/c1-11(2)10-16-14-17-13(18-19-14)15(3,4)12-8-6-5-7-9-12/h5-9,11H,10H2,1-4H3,(H,16,17,18). The summed E-state index contributed by atoms with van der Waals surface area (Å²) < 4.78 is 5.25. The SMILES string of the molecule is CC(C)CNc1nc(C(C)(C)c2ccccc2)no1. The van der Waals surface area contributed by atoms with Crippen molar-refractivity contribution < 1.29 is 4.52 Å². The van der Waals surface area contributed by atoms with E-state index in [1.165, 1.54) is 5.56 Å². The topological polar surface area (TPSA) is 51.0 Å². The van der Waals surface area contributed by atoms with Gasteiger partial charge in [0.25, 0.3) is 0 Å². The van der Waals surface area contributed by atoms with E-state index in [0.29, 0.717) is 17.8 Å². The van der Waals surface area contributed by atoms with Gasteiger partial charge in [-0.15, -0.1) is 0 Å². The van der Waals surface area contributed by atoms with Crippen molar-refractivity contribution in [1.29, 1.82) is 0 Å². The summed E-state index contributed by atoms with van der Waals surface area (Å²) in [5.41, 5.74) is 0.911. The van der Waals surface area contributed by atoms with E-state index in [1.54, 1.807) is 0 Å². The van der Waals surface area contributed by atoms with Crippen LogP contribution in [0.4, 0.5) is 6.01 Å². The molecule has 4 heteroatoms. The lowest BCUT2D eigenvalue weighted by Gasteiger charge is -2.20. The van der Waals surface area contributed by atoms with Gasteiger partial charge < -0.3 is 9.84 Å². The van der Waals surface area contributed by atoms with Gasteiger partial charge in [0.2, 0.25) is 0 Å². The van der Waals surface area contributed by atoms with Gasteiger partial charge in [0.1, 0.15) is 0 Å². The molecule has 0 bridgehead atoms. The van der Waals surface area contributed by atoms with E-state index >= 15 is 0 Å². The monoisotopic (exact) mass is 259 g/mol. The maximum Gasteiger partial charge on any atom is 0.321 e. The maximum absolute atomic E-state index is 5.25. The molecule has 0 aliphatic heterocycles. The van der Waals surface area contributed by atoms with Crippen LogP contribution >= 0.6 is 0 Å². The number of aromatic nitrogens is 2. The molecule has 4 nitrogen and oxygen atoms in total. The van der Waals surface area contributed by atoms with Crippen molar-refractivity contribution in [2.45, 2.75) is 33.1 Å². The molecule has 0 spiro atoms. The smallest absolute Gasteiger partial charge is 0.321 e. The third-order valence-corrected chi connectivity index (χ3v) is 3.14. The second kappa shape index (κ2) is 5.43. The Morgan fingerprint density at radius 3 is 2.53 bits per heavy atom. The first-order chi connectivity index (χ1) is 9.00. The van der Waals surface area contributed by atoms with Crippen molar-refractivity contribution in [3.63, 3.8) is 0 Å². The Kier molecular flexibility index (Phi) is 3.88. The molecule has 0 saturated heterocycles. The zero-order valence-electron chi connectivity index (χ0n) is 12.0. The third-order valence-electron chi connectivity index (χ3n) is 3.14. The fraction of sp³-hybridized carbons (Fsp3) is 0.467. The van der Waals surface area contributed by atoms with Gasteiger partial charge >= 0.3 is 6.01 Å². The van der Waals surface area contributed by atoms with Crippen LogP contribution < -0.4 is 5.32 Å². The Morgan fingerprint density at radius 2 is 1.89 bits per heavy atom. The molecule has 0 aliphatic carbocycles. The molecule has 2 aromatic rings. The predicted molar refractivity (Wildman–Crippen MR) is 76.2 cm³/mol. The Labute approximate surface area is 114 Å². The van der Waals surface area contributed by atoms with Gasteiger partial charge in [-0.3, -0.25) is 0 Å². The minimum absolute atomic E-state index is 0.261. The van der Waals surface area contributed by atoms with Crippen molar-refractivity contribution in [2.24, 2.45) is 5.92 Å². The van der Waals surface area contributed by atoms with Gasteiger partial charge in [0, 0.05) is 6.54 Å². The van der Waals surface area contributed by atoms with E-state index in [1.807, 2.05) is 18.2 Å². The quantitative estimate of drug-likeness (QED) is 0.893. The Balaban J connectivity index is 2.17. The highest BCUT2D eigenvalue weighted by atomic mass is 16.5. The number of benzene rings is 1. The van der Waals surface area contributed by atoms with Crippen LogP contribution in [-0.2, 0) is 5.41 Å². The molecule has 19 heavy (non-hydrogen) atoms. The van der Waals surface area contributed by atoms with E-state index < -0.39 is 0 Å². The Hall–Kier alpha value is -1.84. The van der Waals surface area contributed by atoms with E-state index in [2.05, 4.69) is 55.3 Å². The second-order valence-electron chi connectivity index (χ2n) is 5.69. The number of anilines is 1. The summed E-state index contributed by atoms with van der Waals surface area (Å²) >= 11 is 0. The molecule has 2 rings (SSSR count). The van der Waals surface area contributed by atoms with Crippen molar-refractivity contribution in [2.75, 3.05) is 11.9 Å². The first-order valence-electron chi connectivity index (χ1n) is 6.63. The predicted octanol–water partition coefficient (Wildman–Crippen LogP) is 3.46. The summed E-state index contributed by atoms with van der Waals surface area (Å²) in [4.78, 5) is 4.44. The third kappa shape index (κ3) is 3.13. The van der Waals surface area contributed by atoms with E-state index in [-0.39, 0.29) is 5.41 Å². The van der Waals surface area contributed by atoms with Crippen molar-refractivity contribution in [3.05, 3.63) is 41.7 Å². The average Bonchev–Trinajstić information content (AvgIpc) is 2.87. The number of rotatable bonds is 5. The van der Waals surface area contributed by atoms with Crippen molar-refractivity contribution >= 4 is 6.01 Å². The van der Waals surface area contributed by atoms with Gasteiger partial charge in [-0.1, -0.05) is 49.3 Å². The lowest BCUT2D eigenvalue weighted by Crippen LogP contribution is -2.20. The summed E-state index contributed by atoms with van der Waals surface area (Å²) in [6, 6.07) is 10.7. The highest BCUT2D eigenvalue weighted by Gasteiger charge is 2.28. The number of hydrogen-bond donors (Lipinski definition) is 1. The molecule has 1 aromatic heterocycles. The number of hydrogen-bond acceptors (Lipinski definition) is 4. The molecule has 1 aromatic carbocycles. The molecule has 0 radical (unpaired) electrons. The minimum atomic E-state index is -0.261.